The Morgan fingerprint density at radius 2 is 1.95 bits per heavy atom. The largest absolute Gasteiger partial charge is 0.387 e. The van der Waals surface area contributed by atoms with Crippen LogP contribution in [-0.2, 0) is 0 Å². The third-order valence-electron chi connectivity index (χ3n) is 2.89. The topological polar surface area (TPSA) is 32.3 Å². The first-order chi connectivity index (χ1) is 9.06. The number of nitrogens with one attached hydrogen (secondary N) is 1. The van der Waals surface area contributed by atoms with E-state index in [1.165, 1.54) is 5.56 Å². The lowest BCUT2D eigenvalue weighted by Gasteiger charge is -2.14. The van der Waals surface area contributed by atoms with Crippen LogP contribution in [-0.4, -0.2) is 11.7 Å². The minimum Gasteiger partial charge on any atom is -0.387 e. The summed E-state index contributed by atoms with van der Waals surface area (Å²) in [5.74, 6) is 0. The van der Waals surface area contributed by atoms with E-state index in [1.54, 1.807) is 0 Å². The molecule has 0 saturated heterocycles. The first-order valence-electron chi connectivity index (χ1n) is 6.00. The zero-order valence-electron chi connectivity index (χ0n) is 10.5. The van der Waals surface area contributed by atoms with Gasteiger partial charge in [0.15, 0.2) is 0 Å². The van der Waals surface area contributed by atoms with E-state index in [2.05, 4.69) is 43.2 Å². The van der Waals surface area contributed by atoms with Crippen LogP contribution in [0.3, 0.4) is 0 Å². The van der Waals surface area contributed by atoms with E-state index in [-0.39, 0.29) is 0 Å². The molecule has 4 heteroatoms. The van der Waals surface area contributed by atoms with Gasteiger partial charge >= 0.3 is 0 Å². The summed E-state index contributed by atoms with van der Waals surface area (Å²) in [4.78, 5) is 0. The van der Waals surface area contributed by atoms with Crippen molar-refractivity contribution in [2.45, 2.75) is 13.0 Å². The molecule has 0 spiro atoms. The minimum atomic E-state index is -0.526. The van der Waals surface area contributed by atoms with Crippen molar-refractivity contribution in [2.75, 3.05) is 11.9 Å². The fourth-order valence-electron chi connectivity index (χ4n) is 1.80. The van der Waals surface area contributed by atoms with Crippen LogP contribution < -0.4 is 5.32 Å². The molecule has 2 aromatic carbocycles. The molecule has 0 aliphatic rings. The van der Waals surface area contributed by atoms with Crippen LogP contribution in [0.5, 0.6) is 0 Å². The number of hydrogen-bond acceptors (Lipinski definition) is 2. The summed E-state index contributed by atoms with van der Waals surface area (Å²) in [6.45, 7) is 2.53. The highest BCUT2D eigenvalue weighted by molar-refractivity contribution is 9.10. The molecule has 0 saturated carbocycles. The van der Waals surface area contributed by atoms with Crippen molar-refractivity contribution < 1.29 is 5.11 Å². The van der Waals surface area contributed by atoms with Crippen molar-refractivity contribution in [2.24, 2.45) is 0 Å². The fraction of sp³-hybridized carbons (Fsp3) is 0.200. The van der Waals surface area contributed by atoms with Crippen LogP contribution in [0.15, 0.2) is 51.4 Å². The van der Waals surface area contributed by atoms with Gasteiger partial charge in [0.25, 0.3) is 0 Å². The first kappa shape index (κ1) is 14.6. The van der Waals surface area contributed by atoms with Crippen molar-refractivity contribution in [1.29, 1.82) is 0 Å². The molecule has 0 amide bonds. The number of halogens is 2. The summed E-state index contributed by atoms with van der Waals surface area (Å²) in [5, 5.41) is 13.4. The van der Waals surface area contributed by atoms with Gasteiger partial charge in [0, 0.05) is 21.2 Å². The number of benzene rings is 2. The van der Waals surface area contributed by atoms with E-state index in [0.717, 1.165) is 20.2 Å². The van der Waals surface area contributed by atoms with E-state index >= 15 is 0 Å². The third-order valence-corrected chi connectivity index (χ3v) is 4.27. The molecule has 0 fully saturated rings. The predicted molar refractivity (Wildman–Crippen MR) is 86.5 cm³/mol. The van der Waals surface area contributed by atoms with Crippen LogP contribution in [0.4, 0.5) is 5.69 Å². The Morgan fingerprint density at radius 1 is 1.16 bits per heavy atom. The lowest BCUT2D eigenvalue weighted by Crippen LogP contribution is -2.12. The Labute approximate surface area is 130 Å². The molecule has 2 rings (SSSR count). The summed E-state index contributed by atoms with van der Waals surface area (Å²) in [5.41, 5.74) is 3.08. The van der Waals surface area contributed by atoms with E-state index < -0.39 is 6.10 Å². The van der Waals surface area contributed by atoms with Gasteiger partial charge in [-0.25, -0.2) is 0 Å². The number of anilines is 1. The molecule has 0 aliphatic carbocycles. The lowest BCUT2D eigenvalue weighted by atomic mass is 10.1. The van der Waals surface area contributed by atoms with Gasteiger partial charge in [-0.05, 0) is 48.4 Å². The molecule has 0 heterocycles. The van der Waals surface area contributed by atoms with Crippen molar-refractivity contribution in [3.05, 3.63) is 62.5 Å². The molecule has 0 radical (unpaired) electrons. The number of hydrogen-bond donors (Lipinski definition) is 2. The number of aryl methyl sites for hydroxylation is 1. The zero-order valence-corrected chi connectivity index (χ0v) is 13.7. The summed E-state index contributed by atoms with van der Waals surface area (Å²) in [6.07, 6.45) is -0.526. The second-order valence-corrected chi connectivity index (χ2v) is 6.19. The molecule has 2 aromatic rings. The van der Waals surface area contributed by atoms with Gasteiger partial charge in [0.05, 0.1) is 6.10 Å². The molecule has 19 heavy (non-hydrogen) atoms. The highest BCUT2D eigenvalue weighted by Crippen LogP contribution is 2.22. The molecule has 1 atom stereocenters. The van der Waals surface area contributed by atoms with E-state index in [0.29, 0.717) is 6.54 Å². The first-order valence-corrected chi connectivity index (χ1v) is 7.58. The van der Waals surface area contributed by atoms with Gasteiger partial charge < -0.3 is 10.4 Å². The Balaban J connectivity index is 2.00. The van der Waals surface area contributed by atoms with Gasteiger partial charge in [0.1, 0.15) is 0 Å². The zero-order chi connectivity index (χ0) is 13.8. The standard InChI is InChI=1S/C15H15Br2NO/c1-10-7-13(5-6-14(10)17)18-9-15(19)11-3-2-4-12(16)8-11/h2-8,15,18-19H,9H2,1H3. The van der Waals surface area contributed by atoms with E-state index in [1.807, 2.05) is 43.3 Å². The number of aliphatic hydroxyl groups excluding tert-OH is 1. The maximum absolute atomic E-state index is 10.1. The minimum absolute atomic E-state index is 0.484. The van der Waals surface area contributed by atoms with Gasteiger partial charge in [0.2, 0.25) is 0 Å². The Bertz CT molecular complexity index is 572. The lowest BCUT2D eigenvalue weighted by molar-refractivity contribution is 0.191. The highest BCUT2D eigenvalue weighted by atomic mass is 79.9. The summed E-state index contributed by atoms with van der Waals surface area (Å²) in [7, 11) is 0. The Hall–Kier alpha value is -0.840. The molecule has 2 N–H and O–H groups in total. The molecule has 2 nitrogen and oxygen atoms in total. The fourth-order valence-corrected chi connectivity index (χ4v) is 2.46. The molecule has 0 aromatic heterocycles. The monoisotopic (exact) mass is 383 g/mol. The molecule has 1 unspecified atom stereocenters. The van der Waals surface area contributed by atoms with E-state index in [4.69, 9.17) is 0 Å². The van der Waals surface area contributed by atoms with E-state index in [9.17, 15) is 5.11 Å². The highest BCUT2D eigenvalue weighted by Gasteiger charge is 2.07. The Morgan fingerprint density at radius 3 is 2.63 bits per heavy atom. The van der Waals surface area contributed by atoms with Crippen molar-refractivity contribution >= 4 is 37.5 Å². The molecular weight excluding hydrogens is 370 g/mol. The number of rotatable bonds is 4. The maximum atomic E-state index is 10.1. The average molecular weight is 385 g/mol. The van der Waals surface area contributed by atoms with Crippen LogP contribution in [0.1, 0.15) is 17.2 Å². The normalized spacial score (nSPS) is 12.2. The molecule has 0 bridgehead atoms. The smallest absolute Gasteiger partial charge is 0.0962 e. The molecular formula is C15H15Br2NO. The quantitative estimate of drug-likeness (QED) is 0.802. The van der Waals surface area contributed by atoms with Gasteiger partial charge in [-0.3, -0.25) is 0 Å². The number of aliphatic hydroxyl groups is 1. The SMILES string of the molecule is Cc1cc(NCC(O)c2cccc(Br)c2)ccc1Br. The second-order valence-electron chi connectivity index (χ2n) is 4.42. The van der Waals surface area contributed by atoms with Crippen molar-refractivity contribution in [1.82, 2.24) is 0 Å². The van der Waals surface area contributed by atoms with Crippen LogP contribution in [0.25, 0.3) is 0 Å². The second kappa shape index (κ2) is 6.55. The summed E-state index contributed by atoms with van der Waals surface area (Å²) in [6, 6.07) is 13.8. The molecule has 100 valence electrons. The van der Waals surface area contributed by atoms with Gasteiger partial charge in [-0.15, -0.1) is 0 Å². The van der Waals surface area contributed by atoms with Crippen LogP contribution in [0, 0.1) is 6.92 Å². The van der Waals surface area contributed by atoms with Gasteiger partial charge in [-0.2, -0.15) is 0 Å². The van der Waals surface area contributed by atoms with Crippen molar-refractivity contribution in [3.63, 3.8) is 0 Å². The third kappa shape index (κ3) is 4.06. The Kier molecular flexibility index (Phi) is 5.02. The summed E-state index contributed by atoms with van der Waals surface area (Å²) < 4.78 is 2.06. The van der Waals surface area contributed by atoms with Crippen molar-refractivity contribution in [3.8, 4) is 0 Å². The maximum Gasteiger partial charge on any atom is 0.0962 e. The summed E-state index contributed by atoms with van der Waals surface area (Å²) >= 11 is 6.88. The molecule has 0 aliphatic heterocycles. The van der Waals surface area contributed by atoms with Crippen LogP contribution in [0.2, 0.25) is 0 Å². The van der Waals surface area contributed by atoms with Crippen LogP contribution >= 0.6 is 31.9 Å². The van der Waals surface area contributed by atoms with Gasteiger partial charge in [-0.1, -0.05) is 44.0 Å². The average Bonchev–Trinajstić information content (AvgIpc) is 2.40. The predicted octanol–water partition coefficient (Wildman–Crippen LogP) is 4.67.